The molecule has 1 heterocycles. The SMILES string of the molecule is O=C(Nc1ccc(C(=O)c2cc3c(oc2=O)C(=O)C(O)C=C3)cc1)c1ccccc1. The van der Waals surface area contributed by atoms with Gasteiger partial charge >= 0.3 is 5.63 Å². The lowest BCUT2D eigenvalue weighted by Crippen LogP contribution is -2.25. The van der Waals surface area contributed by atoms with Gasteiger partial charge in [-0.05, 0) is 48.5 Å². The number of fused-ring (bicyclic) bond motifs is 1. The number of aliphatic hydroxyl groups excluding tert-OH is 1. The maximum atomic E-state index is 12.7. The van der Waals surface area contributed by atoms with Crippen LogP contribution in [0, 0.1) is 0 Å². The Kier molecular flexibility index (Phi) is 4.95. The van der Waals surface area contributed by atoms with Gasteiger partial charge in [0.2, 0.25) is 5.78 Å². The quantitative estimate of drug-likeness (QED) is 0.650. The largest absolute Gasteiger partial charge is 0.418 e. The second-order valence-corrected chi connectivity index (χ2v) is 6.63. The van der Waals surface area contributed by atoms with E-state index in [1.165, 1.54) is 30.4 Å². The molecule has 1 amide bonds. The van der Waals surface area contributed by atoms with Crippen molar-refractivity contribution in [3.8, 4) is 0 Å². The Morgan fingerprint density at radius 2 is 1.63 bits per heavy atom. The fraction of sp³-hybridized carbons (Fsp3) is 0.0435. The standard InChI is InChI=1S/C23H15NO6/c25-18-11-8-15-12-17(23(29)30-21(15)20(18)27)19(26)13-6-9-16(10-7-13)24-22(28)14-4-2-1-3-5-14/h1-12,18,25H,(H,24,28). The molecule has 30 heavy (non-hydrogen) atoms. The van der Waals surface area contributed by atoms with Crippen LogP contribution in [0.1, 0.15) is 42.4 Å². The molecule has 0 saturated carbocycles. The number of rotatable bonds is 4. The monoisotopic (exact) mass is 401 g/mol. The summed E-state index contributed by atoms with van der Waals surface area (Å²) in [4.78, 5) is 49.1. The summed E-state index contributed by atoms with van der Waals surface area (Å²) in [6, 6.07) is 16.0. The van der Waals surface area contributed by atoms with Gasteiger partial charge in [-0.1, -0.05) is 24.3 Å². The van der Waals surface area contributed by atoms with Gasteiger partial charge in [0.05, 0.1) is 0 Å². The number of ketones is 2. The van der Waals surface area contributed by atoms with Crippen molar-refractivity contribution < 1.29 is 23.9 Å². The van der Waals surface area contributed by atoms with Gasteiger partial charge in [0.25, 0.3) is 5.91 Å². The van der Waals surface area contributed by atoms with E-state index in [0.717, 1.165) is 0 Å². The highest BCUT2D eigenvalue weighted by atomic mass is 16.4. The molecule has 0 bridgehead atoms. The van der Waals surface area contributed by atoms with Crippen LogP contribution in [0.25, 0.3) is 6.08 Å². The molecule has 0 fully saturated rings. The summed E-state index contributed by atoms with van der Waals surface area (Å²) in [6.07, 6.45) is 1.30. The van der Waals surface area contributed by atoms with Crippen molar-refractivity contribution in [2.45, 2.75) is 6.10 Å². The van der Waals surface area contributed by atoms with E-state index in [4.69, 9.17) is 4.42 Å². The summed E-state index contributed by atoms with van der Waals surface area (Å²) in [7, 11) is 0. The second-order valence-electron chi connectivity index (χ2n) is 6.63. The Morgan fingerprint density at radius 3 is 2.33 bits per heavy atom. The summed E-state index contributed by atoms with van der Waals surface area (Å²) >= 11 is 0. The van der Waals surface area contributed by atoms with Crippen molar-refractivity contribution >= 4 is 29.2 Å². The number of nitrogens with one attached hydrogen (secondary N) is 1. The fourth-order valence-electron chi connectivity index (χ4n) is 3.03. The van der Waals surface area contributed by atoms with Gasteiger partial charge in [-0.2, -0.15) is 0 Å². The zero-order chi connectivity index (χ0) is 21.3. The Hall–Kier alpha value is -4.10. The highest BCUT2D eigenvalue weighted by molar-refractivity contribution is 6.10. The van der Waals surface area contributed by atoms with Gasteiger partial charge in [-0.15, -0.1) is 0 Å². The average molecular weight is 401 g/mol. The lowest BCUT2D eigenvalue weighted by atomic mass is 9.97. The Balaban J connectivity index is 1.56. The first-order chi connectivity index (χ1) is 14.4. The highest BCUT2D eigenvalue weighted by Gasteiger charge is 2.27. The highest BCUT2D eigenvalue weighted by Crippen LogP contribution is 2.21. The van der Waals surface area contributed by atoms with Crippen molar-refractivity contribution in [1.82, 2.24) is 0 Å². The third-order valence-corrected chi connectivity index (χ3v) is 4.61. The predicted molar refractivity (Wildman–Crippen MR) is 109 cm³/mol. The summed E-state index contributed by atoms with van der Waals surface area (Å²) in [6.45, 7) is 0. The maximum Gasteiger partial charge on any atom is 0.347 e. The third-order valence-electron chi connectivity index (χ3n) is 4.61. The topological polar surface area (TPSA) is 114 Å². The molecule has 4 rings (SSSR count). The van der Waals surface area contributed by atoms with Crippen LogP contribution in [0.2, 0.25) is 0 Å². The first kappa shape index (κ1) is 19.2. The number of carbonyl (C=O) groups is 3. The summed E-state index contributed by atoms with van der Waals surface area (Å²) < 4.78 is 4.99. The average Bonchev–Trinajstić information content (AvgIpc) is 2.77. The smallest absolute Gasteiger partial charge is 0.347 e. The van der Waals surface area contributed by atoms with Crippen molar-refractivity contribution in [2.24, 2.45) is 0 Å². The lowest BCUT2D eigenvalue weighted by Gasteiger charge is -2.12. The van der Waals surface area contributed by atoms with Gasteiger partial charge in [0, 0.05) is 22.4 Å². The predicted octanol–water partition coefficient (Wildman–Crippen LogP) is 2.69. The number of benzene rings is 2. The molecular formula is C23H15NO6. The number of Topliss-reactive ketones (excluding diaryl/α,β-unsaturated/α-hetero) is 1. The number of aliphatic hydroxyl groups is 1. The molecular weight excluding hydrogens is 386 g/mol. The molecule has 1 aliphatic carbocycles. The van der Waals surface area contributed by atoms with Crippen molar-refractivity contribution in [1.29, 1.82) is 0 Å². The van der Waals surface area contributed by atoms with E-state index in [1.807, 2.05) is 6.07 Å². The summed E-state index contributed by atoms with van der Waals surface area (Å²) in [5, 5.41) is 12.3. The molecule has 2 aromatic carbocycles. The summed E-state index contributed by atoms with van der Waals surface area (Å²) in [5.41, 5.74) is 0.253. The molecule has 2 N–H and O–H groups in total. The van der Waals surface area contributed by atoms with E-state index >= 15 is 0 Å². The van der Waals surface area contributed by atoms with Crippen LogP contribution in [-0.2, 0) is 0 Å². The van der Waals surface area contributed by atoms with E-state index in [2.05, 4.69) is 5.32 Å². The Morgan fingerprint density at radius 1 is 0.933 bits per heavy atom. The number of hydrogen-bond acceptors (Lipinski definition) is 6. The van der Waals surface area contributed by atoms with E-state index < -0.39 is 23.3 Å². The van der Waals surface area contributed by atoms with E-state index in [0.29, 0.717) is 11.3 Å². The van der Waals surface area contributed by atoms with Gasteiger partial charge in [-0.3, -0.25) is 14.4 Å². The van der Waals surface area contributed by atoms with E-state index in [-0.39, 0.29) is 28.4 Å². The van der Waals surface area contributed by atoms with Crippen LogP contribution in [0.5, 0.6) is 0 Å². The number of amides is 1. The molecule has 0 radical (unpaired) electrons. The van der Waals surface area contributed by atoms with Gasteiger partial charge < -0.3 is 14.8 Å². The molecule has 3 aromatic rings. The minimum absolute atomic E-state index is 0.214. The molecule has 1 aromatic heterocycles. The van der Waals surface area contributed by atoms with Crippen LogP contribution in [0.4, 0.5) is 5.69 Å². The molecule has 7 heteroatoms. The molecule has 148 valence electrons. The molecule has 0 aliphatic heterocycles. The number of carbonyl (C=O) groups excluding carboxylic acids is 3. The molecule has 1 unspecified atom stereocenters. The van der Waals surface area contributed by atoms with Crippen LogP contribution in [0.15, 0.2) is 76.0 Å². The fourth-order valence-corrected chi connectivity index (χ4v) is 3.03. The van der Waals surface area contributed by atoms with Crippen LogP contribution in [-0.4, -0.2) is 28.7 Å². The molecule has 1 atom stereocenters. The molecule has 1 aliphatic rings. The van der Waals surface area contributed by atoms with Crippen molar-refractivity contribution in [3.63, 3.8) is 0 Å². The van der Waals surface area contributed by atoms with Crippen molar-refractivity contribution in [3.05, 3.63) is 105 Å². The molecule has 7 nitrogen and oxygen atoms in total. The van der Waals surface area contributed by atoms with Crippen LogP contribution in [0.3, 0.4) is 0 Å². The van der Waals surface area contributed by atoms with E-state index in [9.17, 15) is 24.3 Å². The zero-order valence-corrected chi connectivity index (χ0v) is 15.5. The summed E-state index contributed by atoms with van der Waals surface area (Å²) in [5.74, 6) is -1.88. The molecule has 0 saturated heterocycles. The van der Waals surface area contributed by atoms with Gasteiger partial charge in [0.15, 0.2) is 11.5 Å². The Bertz CT molecular complexity index is 1240. The second kappa shape index (κ2) is 7.73. The van der Waals surface area contributed by atoms with Crippen molar-refractivity contribution in [2.75, 3.05) is 5.32 Å². The van der Waals surface area contributed by atoms with Gasteiger partial charge in [0.1, 0.15) is 11.7 Å². The maximum absolute atomic E-state index is 12.7. The number of anilines is 1. The zero-order valence-electron chi connectivity index (χ0n) is 15.5. The first-order valence-corrected chi connectivity index (χ1v) is 9.04. The first-order valence-electron chi connectivity index (χ1n) is 9.04. The minimum atomic E-state index is -1.37. The Labute approximate surface area is 170 Å². The van der Waals surface area contributed by atoms with E-state index in [1.54, 1.807) is 36.4 Å². The van der Waals surface area contributed by atoms with Crippen LogP contribution >= 0.6 is 0 Å². The normalized spacial score (nSPS) is 14.8. The van der Waals surface area contributed by atoms with Crippen LogP contribution < -0.4 is 10.9 Å². The third kappa shape index (κ3) is 3.61. The van der Waals surface area contributed by atoms with Gasteiger partial charge in [-0.25, -0.2) is 4.79 Å². The minimum Gasteiger partial charge on any atom is -0.418 e. The number of hydrogen-bond donors (Lipinski definition) is 2. The lowest BCUT2D eigenvalue weighted by molar-refractivity contribution is 0.0781. The molecule has 0 spiro atoms.